The summed E-state index contributed by atoms with van der Waals surface area (Å²) in [5.74, 6) is -0.851. The highest BCUT2D eigenvalue weighted by molar-refractivity contribution is 5.94. The lowest BCUT2D eigenvalue weighted by Crippen LogP contribution is -2.36. The van der Waals surface area contributed by atoms with Crippen molar-refractivity contribution in [3.63, 3.8) is 0 Å². The molecule has 0 atom stereocenters. The third kappa shape index (κ3) is 6.81. The fourth-order valence-corrected chi connectivity index (χ4v) is 2.41. The zero-order chi connectivity index (χ0) is 18.1. The van der Waals surface area contributed by atoms with Crippen LogP contribution < -0.4 is 5.32 Å². The van der Waals surface area contributed by atoms with Gasteiger partial charge in [-0.05, 0) is 30.0 Å². The molecule has 1 aromatic carbocycles. The molecule has 0 aliphatic carbocycles. The predicted octanol–water partition coefficient (Wildman–Crippen LogP) is 1.94. The van der Waals surface area contributed by atoms with E-state index in [2.05, 4.69) is 5.32 Å². The monoisotopic (exact) mass is 334 g/mol. The third-order valence-corrected chi connectivity index (χ3v) is 3.58. The number of hydrogen-bond donors (Lipinski definition) is 2. The zero-order valence-electron chi connectivity index (χ0n) is 14.5. The van der Waals surface area contributed by atoms with Crippen LogP contribution in [-0.2, 0) is 16.0 Å². The number of nitrogens with one attached hydrogen (secondary N) is 1. The molecule has 0 saturated heterocycles. The van der Waals surface area contributed by atoms with Gasteiger partial charge < -0.3 is 15.3 Å². The van der Waals surface area contributed by atoms with Gasteiger partial charge in [-0.2, -0.15) is 0 Å². The summed E-state index contributed by atoms with van der Waals surface area (Å²) in [7, 11) is 1.57. The zero-order valence-corrected chi connectivity index (χ0v) is 14.5. The Morgan fingerprint density at radius 1 is 1.21 bits per heavy atom. The number of benzene rings is 1. The molecular weight excluding hydrogens is 308 g/mol. The molecular formula is C18H26N2O4. The molecule has 24 heavy (non-hydrogen) atoms. The lowest BCUT2D eigenvalue weighted by atomic mass is 10.1. The fraction of sp³-hybridized carbons (Fsp3) is 0.500. The Morgan fingerprint density at radius 2 is 1.92 bits per heavy atom. The highest BCUT2D eigenvalue weighted by atomic mass is 16.4. The number of carbonyl (C=O) groups excluding carboxylic acids is 2. The number of carboxylic acid groups (broad SMARTS) is 1. The highest BCUT2D eigenvalue weighted by Gasteiger charge is 2.16. The minimum atomic E-state index is -0.908. The molecule has 0 spiro atoms. The molecule has 0 radical (unpaired) electrons. The first-order valence-electron chi connectivity index (χ1n) is 8.14. The standard InChI is InChI=1S/C18H26N2O4/c1-13(2)12-20(10-9-17(22)23)16(21)8-7-14-5-4-6-15(11-14)18(24)19-3/h4-6,11,13H,7-10,12H2,1-3H3,(H,19,24)(H,22,23). The molecule has 0 bridgehead atoms. The highest BCUT2D eigenvalue weighted by Crippen LogP contribution is 2.10. The van der Waals surface area contributed by atoms with Crippen LogP contribution in [0.2, 0.25) is 0 Å². The normalized spacial score (nSPS) is 10.5. The van der Waals surface area contributed by atoms with Gasteiger partial charge in [0.25, 0.3) is 5.91 Å². The molecule has 2 amide bonds. The van der Waals surface area contributed by atoms with Crippen LogP contribution in [0.25, 0.3) is 0 Å². The van der Waals surface area contributed by atoms with E-state index in [0.29, 0.717) is 24.9 Å². The number of carboxylic acids is 1. The summed E-state index contributed by atoms with van der Waals surface area (Å²) in [6.07, 6.45) is 0.763. The van der Waals surface area contributed by atoms with Gasteiger partial charge in [-0.15, -0.1) is 0 Å². The van der Waals surface area contributed by atoms with Crippen molar-refractivity contribution in [2.24, 2.45) is 5.92 Å². The van der Waals surface area contributed by atoms with Gasteiger partial charge in [0.15, 0.2) is 0 Å². The average Bonchev–Trinajstić information content (AvgIpc) is 2.55. The smallest absolute Gasteiger partial charge is 0.305 e. The van der Waals surface area contributed by atoms with E-state index in [1.165, 1.54) is 0 Å². The van der Waals surface area contributed by atoms with Crippen LogP contribution in [0.15, 0.2) is 24.3 Å². The first kappa shape index (κ1) is 19.7. The summed E-state index contributed by atoms with van der Waals surface area (Å²) in [4.78, 5) is 36.4. The van der Waals surface area contributed by atoms with Crippen molar-refractivity contribution in [3.05, 3.63) is 35.4 Å². The molecule has 1 rings (SSSR count). The minimum absolute atomic E-state index is 0.0510. The summed E-state index contributed by atoms with van der Waals surface area (Å²) in [6.45, 7) is 4.76. The maximum absolute atomic E-state index is 12.4. The van der Waals surface area contributed by atoms with Gasteiger partial charge in [0, 0.05) is 32.1 Å². The van der Waals surface area contributed by atoms with Crippen LogP contribution in [0.5, 0.6) is 0 Å². The van der Waals surface area contributed by atoms with Crippen molar-refractivity contribution in [3.8, 4) is 0 Å². The summed E-state index contributed by atoms with van der Waals surface area (Å²) in [6, 6.07) is 7.17. The molecule has 132 valence electrons. The van der Waals surface area contributed by atoms with E-state index in [4.69, 9.17) is 5.11 Å². The van der Waals surface area contributed by atoms with E-state index < -0.39 is 5.97 Å². The second-order valence-electron chi connectivity index (χ2n) is 6.16. The molecule has 0 unspecified atom stereocenters. The van der Waals surface area contributed by atoms with Crippen LogP contribution in [0, 0.1) is 5.92 Å². The molecule has 0 heterocycles. The van der Waals surface area contributed by atoms with E-state index in [0.717, 1.165) is 5.56 Å². The number of carbonyl (C=O) groups is 3. The van der Waals surface area contributed by atoms with E-state index in [1.807, 2.05) is 19.9 Å². The van der Waals surface area contributed by atoms with Gasteiger partial charge in [-0.1, -0.05) is 26.0 Å². The van der Waals surface area contributed by atoms with Crippen LogP contribution in [0.4, 0.5) is 0 Å². The average molecular weight is 334 g/mol. The van der Waals surface area contributed by atoms with Gasteiger partial charge >= 0.3 is 5.97 Å². The molecule has 0 aromatic heterocycles. The van der Waals surface area contributed by atoms with Gasteiger partial charge in [0.05, 0.1) is 6.42 Å². The quantitative estimate of drug-likeness (QED) is 0.722. The Morgan fingerprint density at radius 3 is 2.50 bits per heavy atom. The first-order chi connectivity index (χ1) is 11.3. The van der Waals surface area contributed by atoms with Crippen molar-refractivity contribution in [1.82, 2.24) is 10.2 Å². The summed E-state index contributed by atoms with van der Waals surface area (Å²) in [5, 5.41) is 11.4. The number of nitrogens with zero attached hydrogens (tertiary/aromatic N) is 1. The second-order valence-corrected chi connectivity index (χ2v) is 6.16. The van der Waals surface area contributed by atoms with Crippen molar-refractivity contribution >= 4 is 17.8 Å². The molecule has 0 fully saturated rings. The minimum Gasteiger partial charge on any atom is -0.481 e. The number of amides is 2. The number of aryl methyl sites for hydroxylation is 1. The second kappa shape index (κ2) is 9.70. The fourth-order valence-electron chi connectivity index (χ4n) is 2.41. The number of aliphatic carboxylic acids is 1. The molecule has 1 aromatic rings. The Hall–Kier alpha value is -2.37. The van der Waals surface area contributed by atoms with E-state index in [1.54, 1.807) is 30.1 Å². The SMILES string of the molecule is CNC(=O)c1cccc(CCC(=O)N(CCC(=O)O)CC(C)C)c1. The van der Waals surface area contributed by atoms with Crippen LogP contribution in [-0.4, -0.2) is 47.9 Å². The van der Waals surface area contributed by atoms with Crippen LogP contribution in [0.3, 0.4) is 0 Å². The molecule has 2 N–H and O–H groups in total. The maximum atomic E-state index is 12.4. The molecule has 6 heteroatoms. The van der Waals surface area contributed by atoms with Crippen molar-refractivity contribution < 1.29 is 19.5 Å². The lowest BCUT2D eigenvalue weighted by Gasteiger charge is -2.24. The largest absolute Gasteiger partial charge is 0.481 e. The maximum Gasteiger partial charge on any atom is 0.305 e. The molecule has 0 saturated carbocycles. The van der Waals surface area contributed by atoms with Gasteiger partial charge in [-0.3, -0.25) is 14.4 Å². The molecule has 0 aliphatic rings. The van der Waals surface area contributed by atoms with Crippen molar-refractivity contribution in [1.29, 1.82) is 0 Å². The number of hydrogen-bond acceptors (Lipinski definition) is 3. The van der Waals surface area contributed by atoms with Crippen molar-refractivity contribution in [2.75, 3.05) is 20.1 Å². The Bertz CT molecular complexity index is 584. The Balaban J connectivity index is 2.67. The third-order valence-electron chi connectivity index (χ3n) is 3.58. The van der Waals surface area contributed by atoms with Gasteiger partial charge in [0.1, 0.15) is 0 Å². The number of rotatable bonds is 9. The summed E-state index contributed by atoms with van der Waals surface area (Å²) >= 11 is 0. The van der Waals surface area contributed by atoms with Crippen molar-refractivity contribution in [2.45, 2.75) is 33.1 Å². The van der Waals surface area contributed by atoms with Crippen LogP contribution >= 0.6 is 0 Å². The van der Waals surface area contributed by atoms with Gasteiger partial charge in [0.2, 0.25) is 5.91 Å². The lowest BCUT2D eigenvalue weighted by molar-refractivity contribution is -0.138. The first-order valence-corrected chi connectivity index (χ1v) is 8.14. The molecule has 6 nitrogen and oxygen atoms in total. The predicted molar refractivity (Wildman–Crippen MR) is 91.8 cm³/mol. The topological polar surface area (TPSA) is 86.7 Å². The summed E-state index contributed by atoms with van der Waals surface area (Å²) in [5.41, 5.74) is 1.47. The van der Waals surface area contributed by atoms with Crippen LogP contribution in [0.1, 0.15) is 42.6 Å². The Kier molecular flexibility index (Phi) is 7.95. The summed E-state index contributed by atoms with van der Waals surface area (Å²) < 4.78 is 0. The van der Waals surface area contributed by atoms with E-state index in [-0.39, 0.29) is 30.7 Å². The van der Waals surface area contributed by atoms with E-state index in [9.17, 15) is 14.4 Å². The molecule has 0 aliphatic heterocycles. The van der Waals surface area contributed by atoms with Gasteiger partial charge in [-0.25, -0.2) is 0 Å². The Labute approximate surface area is 142 Å². The van der Waals surface area contributed by atoms with E-state index >= 15 is 0 Å².